The van der Waals surface area contributed by atoms with E-state index in [4.69, 9.17) is 0 Å². The molecule has 0 bridgehead atoms. The highest BCUT2D eigenvalue weighted by Crippen LogP contribution is 2.37. The number of aliphatic hydroxyl groups is 1. The number of nitrogens with zero attached hydrogens (tertiary/aromatic N) is 1. The van der Waals surface area contributed by atoms with Gasteiger partial charge in [0.25, 0.3) is 0 Å². The number of anilines is 1. The number of rotatable bonds is 2. The van der Waals surface area contributed by atoms with Crippen molar-refractivity contribution in [1.82, 2.24) is 0 Å². The number of methoxy groups -OCH3 is 1. The Labute approximate surface area is 105 Å². The molecule has 0 saturated heterocycles. The highest BCUT2D eigenvalue weighted by atomic mass is 16.5. The molecule has 0 spiro atoms. The summed E-state index contributed by atoms with van der Waals surface area (Å²) in [4.78, 5) is 24.7. The Kier molecular flexibility index (Phi) is 3.09. The molecule has 96 valence electrons. The first kappa shape index (κ1) is 12.6. The molecular weight excluding hydrogens is 234 g/mol. The van der Waals surface area contributed by atoms with E-state index in [1.165, 1.54) is 7.11 Å². The molecule has 0 aromatic heterocycles. The molecule has 1 heterocycles. The number of hydrogen-bond acceptors (Lipinski definition) is 4. The van der Waals surface area contributed by atoms with Crippen LogP contribution in [0.3, 0.4) is 0 Å². The molecule has 1 aliphatic heterocycles. The maximum Gasteiger partial charge on any atom is 0.339 e. The third-order valence-electron chi connectivity index (χ3n) is 3.32. The molecule has 2 rings (SSSR count). The van der Waals surface area contributed by atoms with Crippen LogP contribution in [0.15, 0.2) is 18.2 Å². The smallest absolute Gasteiger partial charge is 0.339 e. The number of amides is 1. The molecule has 0 fully saturated rings. The summed E-state index contributed by atoms with van der Waals surface area (Å²) < 4.78 is 4.49. The Morgan fingerprint density at radius 2 is 2.17 bits per heavy atom. The van der Waals surface area contributed by atoms with Gasteiger partial charge in [-0.2, -0.15) is 0 Å². The number of esters is 1. The first-order chi connectivity index (χ1) is 8.47. The van der Waals surface area contributed by atoms with E-state index in [-0.39, 0.29) is 11.8 Å². The van der Waals surface area contributed by atoms with Crippen LogP contribution in [0.25, 0.3) is 0 Å². The predicted molar refractivity (Wildman–Crippen MR) is 65.2 cm³/mol. The Morgan fingerprint density at radius 3 is 2.78 bits per heavy atom. The third kappa shape index (κ3) is 1.76. The minimum Gasteiger partial charge on any atom is -0.467 e. The van der Waals surface area contributed by atoms with Crippen LogP contribution in [0.4, 0.5) is 5.69 Å². The average Bonchev–Trinajstić information content (AvgIpc) is 2.61. The minimum absolute atomic E-state index is 0.00899. The molecule has 2 atom stereocenters. The molecule has 0 saturated carbocycles. The highest BCUT2D eigenvalue weighted by Gasteiger charge is 2.32. The van der Waals surface area contributed by atoms with Crippen molar-refractivity contribution in [3.8, 4) is 0 Å². The summed E-state index contributed by atoms with van der Waals surface area (Å²) in [6.07, 6.45) is -1.31. The fourth-order valence-electron chi connectivity index (χ4n) is 2.19. The number of carbonyl (C=O) groups excluding carboxylic acids is 2. The van der Waals surface area contributed by atoms with Gasteiger partial charge in [-0.05, 0) is 30.2 Å². The molecule has 0 aliphatic carbocycles. The number of likely N-dealkylation sites (N-methyl/N-ethyl adjacent to an activating group) is 1. The lowest BCUT2D eigenvalue weighted by atomic mass is 9.98. The number of carbonyl (C=O) groups is 2. The van der Waals surface area contributed by atoms with Crippen molar-refractivity contribution in [3.63, 3.8) is 0 Å². The van der Waals surface area contributed by atoms with Crippen LogP contribution in [0.5, 0.6) is 0 Å². The molecule has 1 aromatic carbocycles. The molecule has 1 N–H and O–H groups in total. The molecule has 1 amide bonds. The standard InChI is InChI=1S/C13H15NO4/c1-7-9-6-8(11(15)13(17)18-3)4-5-10(9)14(2)12(7)16/h4-7,11,15H,1-3H3. The van der Waals surface area contributed by atoms with Gasteiger partial charge >= 0.3 is 5.97 Å². The summed E-state index contributed by atoms with van der Waals surface area (Å²) >= 11 is 0. The lowest BCUT2D eigenvalue weighted by molar-refractivity contribution is -0.150. The Hall–Kier alpha value is -1.88. The van der Waals surface area contributed by atoms with Gasteiger partial charge in [0.05, 0.1) is 13.0 Å². The van der Waals surface area contributed by atoms with E-state index in [0.717, 1.165) is 11.3 Å². The zero-order valence-electron chi connectivity index (χ0n) is 10.5. The largest absolute Gasteiger partial charge is 0.467 e. The normalized spacial score (nSPS) is 19.7. The molecule has 18 heavy (non-hydrogen) atoms. The molecule has 1 aromatic rings. The highest BCUT2D eigenvalue weighted by molar-refractivity contribution is 6.04. The van der Waals surface area contributed by atoms with E-state index in [0.29, 0.717) is 5.56 Å². The number of fused-ring (bicyclic) bond motifs is 1. The van der Waals surface area contributed by atoms with Gasteiger partial charge in [0.15, 0.2) is 6.10 Å². The van der Waals surface area contributed by atoms with E-state index in [9.17, 15) is 14.7 Å². The van der Waals surface area contributed by atoms with Crippen molar-refractivity contribution < 1.29 is 19.4 Å². The van der Waals surface area contributed by atoms with Crippen molar-refractivity contribution in [2.24, 2.45) is 0 Å². The van der Waals surface area contributed by atoms with Crippen LogP contribution in [0.2, 0.25) is 0 Å². The van der Waals surface area contributed by atoms with Crippen molar-refractivity contribution in [1.29, 1.82) is 0 Å². The van der Waals surface area contributed by atoms with Crippen LogP contribution in [0, 0.1) is 0 Å². The number of aliphatic hydroxyl groups excluding tert-OH is 1. The summed E-state index contributed by atoms with van der Waals surface area (Å²) in [5.74, 6) is -0.954. The van der Waals surface area contributed by atoms with E-state index in [1.54, 1.807) is 37.1 Å². The van der Waals surface area contributed by atoms with Gasteiger partial charge in [-0.25, -0.2) is 4.79 Å². The van der Waals surface area contributed by atoms with Crippen LogP contribution in [-0.4, -0.2) is 31.1 Å². The van der Waals surface area contributed by atoms with E-state index in [2.05, 4.69) is 4.74 Å². The first-order valence-corrected chi connectivity index (χ1v) is 5.64. The van der Waals surface area contributed by atoms with Crippen molar-refractivity contribution in [2.45, 2.75) is 18.9 Å². The fraction of sp³-hybridized carbons (Fsp3) is 0.385. The summed E-state index contributed by atoms with van der Waals surface area (Å²) in [6.45, 7) is 1.80. The van der Waals surface area contributed by atoms with Gasteiger partial charge in [0, 0.05) is 12.7 Å². The molecule has 0 radical (unpaired) electrons. The van der Waals surface area contributed by atoms with Crippen molar-refractivity contribution >= 4 is 17.6 Å². The van der Waals surface area contributed by atoms with Crippen LogP contribution in [0.1, 0.15) is 30.1 Å². The van der Waals surface area contributed by atoms with Crippen LogP contribution in [-0.2, 0) is 14.3 Å². The number of hydrogen-bond donors (Lipinski definition) is 1. The molecule has 1 aliphatic rings. The van der Waals surface area contributed by atoms with Crippen molar-refractivity contribution in [3.05, 3.63) is 29.3 Å². The lowest BCUT2D eigenvalue weighted by Crippen LogP contribution is -2.22. The summed E-state index contributed by atoms with van der Waals surface area (Å²) in [6, 6.07) is 5.05. The molecule has 2 unspecified atom stereocenters. The van der Waals surface area contributed by atoms with Crippen molar-refractivity contribution in [2.75, 3.05) is 19.1 Å². The van der Waals surface area contributed by atoms with Crippen LogP contribution < -0.4 is 4.90 Å². The second kappa shape index (κ2) is 4.42. The Balaban J connectivity index is 2.40. The van der Waals surface area contributed by atoms with E-state index < -0.39 is 12.1 Å². The monoisotopic (exact) mass is 249 g/mol. The summed E-state index contributed by atoms with van der Waals surface area (Å²) in [5.41, 5.74) is 2.08. The minimum atomic E-state index is -1.31. The molecular formula is C13H15NO4. The van der Waals surface area contributed by atoms with Gasteiger partial charge in [0.2, 0.25) is 5.91 Å². The topological polar surface area (TPSA) is 66.8 Å². The zero-order chi connectivity index (χ0) is 13.4. The number of benzene rings is 1. The fourth-order valence-corrected chi connectivity index (χ4v) is 2.19. The quantitative estimate of drug-likeness (QED) is 0.793. The predicted octanol–water partition coefficient (Wildman–Crippen LogP) is 0.973. The zero-order valence-corrected chi connectivity index (χ0v) is 10.5. The van der Waals surface area contributed by atoms with Gasteiger partial charge in [-0.1, -0.05) is 6.07 Å². The SMILES string of the molecule is COC(=O)C(O)c1ccc2c(c1)C(C)C(=O)N2C. The third-order valence-corrected chi connectivity index (χ3v) is 3.32. The van der Waals surface area contributed by atoms with Gasteiger partial charge in [-0.3, -0.25) is 4.79 Å². The Morgan fingerprint density at radius 1 is 1.50 bits per heavy atom. The lowest BCUT2D eigenvalue weighted by Gasteiger charge is -2.12. The van der Waals surface area contributed by atoms with Crippen LogP contribution >= 0.6 is 0 Å². The maximum absolute atomic E-state index is 11.8. The Bertz CT molecular complexity index is 512. The summed E-state index contributed by atoms with van der Waals surface area (Å²) in [5, 5.41) is 9.77. The van der Waals surface area contributed by atoms with E-state index in [1.807, 2.05) is 0 Å². The summed E-state index contributed by atoms with van der Waals surface area (Å²) in [7, 11) is 2.93. The van der Waals surface area contributed by atoms with Gasteiger partial charge in [0.1, 0.15) is 0 Å². The van der Waals surface area contributed by atoms with E-state index >= 15 is 0 Å². The second-order valence-electron chi connectivity index (χ2n) is 4.36. The molecule has 5 heteroatoms. The maximum atomic E-state index is 11.8. The first-order valence-electron chi connectivity index (χ1n) is 5.64. The van der Waals surface area contributed by atoms with Gasteiger partial charge < -0.3 is 14.7 Å². The number of ether oxygens (including phenoxy) is 1. The second-order valence-corrected chi connectivity index (χ2v) is 4.36. The average molecular weight is 249 g/mol. The van der Waals surface area contributed by atoms with Gasteiger partial charge in [-0.15, -0.1) is 0 Å². The molecule has 5 nitrogen and oxygen atoms in total.